The Balaban J connectivity index is 2.08. The molecule has 2 aromatic rings. The molecule has 1 aromatic heterocycles. The highest BCUT2D eigenvalue weighted by atomic mass is 19.3. The number of nitrogens with zero attached hydrogens (tertiary/aromatic N) is 1. The Kier molecular flexibility index (Phi) is 6.24. The summed E-state index contributed by atoms with van der Waals surface area (Å²) in [6, 6.07) is 7.86. The molecule has 0 aliphatic heterocycles. The quantitative estimate of drug-likeness (QED) is 0.784. The third-order valence-electron chi connectivity index (χ3n) is 2.84. The van der Waals surface area contributed by atoms with Crippen LogP contribution in [0.5, 0.6) is 11.5 Å². The number of amides is 1. The van der Waals surface area contributed by atoms with Gasteiger partial charge in [-0.05, 0) is 42.8 Å². The average Bonchev–Trinajstić information content (AvgIpc) is 2.56. The predicted octanol–water partition coefficient (Wildman–Crippen LogP) is 3.73. The van der Waals surface area contributed by atoms with Crippen LogP contribution in [-0.2, 0) is 4.79 Å². The normalized spacial score (nSPS) is 10.8. The van der Waals surface area contributed by atoms with E-state index in [9.17, 15) is 13.6 Å². The van der Waals surface area contributed by atoms with E-state index in [1.165, 1.54) is 24.4 Å². The number of ether oxygens (including phenoxy) is 2. The lowest BCUT2D eigenvalue weighted by Gasteiger charge is -2.11. The molecule has 0 saturated carbocycles. The van der Waals surface area contributed by atoms with Crippen molar-refractivity contribution in [1.29, 1.82) is 0 Å². The molecule has 1 aromatic carbocycles. The van der Waals surface area contributed by atoms with E-state index < -0.39 is 6.61 Å². The van der Waals surface area contributed by atoms with Gasteiger partial charge in [-0.3, -0.25) is 9.78 Å². The van der Waals surface area contributed by atoms with Crippen molar-refractivity contribution in [3.05, 3.63) is 54.4 Å². The third-order valence-corrected chi connectivity index (χ3v) is 2.84. The number of carbonyl (C=O) groups excluding carboxylic acids is 1. The number of aromatic nitrogens is 1. The number of benzene rings is 1. The molecule has 0 bridgehead atoms. The molecule has 1 heterocycles. The second-order valence-corrected chi connectivity index (χ2v) is 4.58. The van der Waals surface area contributed by atoms with Crippen molar-refractivity contribution < 1.29 is 23.0 Å². The van der Waals surface area contributed by atoms with E-state index >= 15 is 0 Å². The van der Waals surface area contributed by atoms with Crippen LogP contribution < -0.4 is 14.8 Å². The van der Waals surface area contributed by atoms with Gasteiger partial charge in [-0.2, -0.15) is 8.78 Å². The number of anilines is 1. The minimum atomic E-state index is -2.93. The van der Waals surface area contributed by atoms with Gasteiger partial charge < -0.3 is 14.8 Å². The van der Waals surface area contributed by atoms with E-state index in [0.29, 0.717) is 17.9 Å². The standard InChI is InChI=1S/C17H16F2N2O3/c1-2-23-15-10-12(5-7-14(15)24-17(18)19)6-8-16(22)21-13-4-3-9-20-11-13/h3-11,17H,2H2,1H3,(H,21,22)/b8-6+. The molecule has 24 heavy (non-hydrogen) atoms. The Bertz CT molecular complexity index is 706. The molecule has 5 nitrogen and oxygen atoms in total. The van der Waals surface area contributed by atoms with Gasteiger partial charge in [-0.1, -0.05) is 6.07 Å². The van der Waals surface area contributed by atoms with Gasteiger partial charge in [0.15, 0.2) is 11.5 Å². The van der Waals surface area contributed by atoms with Crippen LogP contribution in [0.15, 0.2) is 48.8 Å². The molecule has 0 saturated heterocycles. The summed E-state index contributed by atoms with van der Waals surface area (Å²) >= 11 is 0. The number of pyridine rings is 1. The monoisotopic (exact) mass is 334 g/mol. The fraction of sp³-hybridized carbons (Fsp3) is 0.176. The maximum atomic E-state index is 12.4. The Morgan fingerprint density at radius 2 is 2.17 bits per heavy atom. The molecule has 126 valence electrons. The fourth-order valence-corrected chi connectivity index (χ4v) is 1.88. The van der Waals surface area contributed by atoms with Crippen molar-refractivity contribution in [1.82, 2.24) is 4.98 Å². The summed E-state index contributed by atoms with van der Waals surface area (Å²) in [5.74, 6) is -0.203. The third kappa shape index (κ3) is 5.35. The first kappa shape index (κ1) is 17.4. The first-order valence-electron chi connectivity index (χ1n) is 7.19. The van der Waals surface area contributed by atoms with Crippen LogP contribution >= 0.6 is 0 Å². The lowest BCUT2D eigenvalue weighted by Crippen LogP contribution is -2.07. The number of hydrogen-bond acceptors (Lipinski definition) is 4. The molecule has 1 N–H and O–H groups in total. The van der Waals surface area contributed by atoms with Gasteiger partial charge in [0.05, 0.1) is 18.5 Å². The molecule has 0 aliphatic carbocycles. The first-order chi connectivity index (χ1) is 11.6. The second kappa shape index (κ2) is 8.61. The van der Waals surface area contributed by atoms with Crippen LogP contribution in [0.3, 0.4) is 0 Å². The molecular weight excluding hydrogens is 318 g/mol. The van der Waals surface area contributed by atoms with Gasteiger partial charge in [0.2, 0.25) is 5.91 Å². The smallest absolute Gasteiger partial charge is 0.387 e. The van der Waals surface area contributed by atoms with Gasteiger partial charge in [-0.15, -0.1) is 0 Å². The van der Waals surface area contributed by atoms with Gasteiger partial charge in [-0.25, -0.2) is 0 Å². The highest BCUT2D eigenvalue weighted by Gasteiger charge is 2.11. The molecule has 2 rings (SSSR count). The van der Waals surface area contributed by atoms with Crippen LogP contribution in [-0.4, -0.2) is 24.1 Å². The first-order valence-corrected chi connectivity index (χ1v) is 7.19. The fourth-order valence-electron chi connectivity index (χ4n) is 1.88. The van der Waals surface area contributed by atoms with Crippen molar-refractivity contribution in [2.24, 2.45) is 0 Å². The highest BCUT2D eigenvalue weighted by Crippen LogP contribution is 2.30. The molecule has 0 atom stereocenters. The van der Waals surface area contributed by atoms with Gasteiger partial charge in [0, 0.05) is 12.3 Å². The summed E-state index contributed by atoms with van der Waals surface area (Å²) < 4.78 is 34.4. The van der Waals surface area contributed by atoms with Crippen molar-refractivity contribution in [2.45, 2.75) is 13.5 Å². The van der Waals surface area contributed by atoms with Crippen LogP contribution in [0.2, 0.25) is 0 Å². The maximum Gasteiger partial charge on any atom is 0.387 e. The summed E-state index contributed by atoms with van der Waals surface area (Å²) in [5, 5.41) is 2.65. The Morgan fingerprint density at radius 1 is 1.33 bits per heavy atom. The van der Waals surface area contributed by atoms with E-state index in [4.69, 9.17) is 4.74 Å². The van der Waals surface area contributed by atoms with Crippen LogP contribution in [0.25, 0.3) is 6.08 Å². The van der Waals surface area contributed by atoms with Gasteiger partial charge >= 0.3 is 6.61 Å². The van der Waals surface area contributed by atoms with E-state index in [0.717, 1.165) is 0 Å². The van der Waals surface area contributed by atoms with E-state index in [2.05, 4.69) is 15.0 Å². The van der Waals surface area contributed by atoms with Gasteiger partial charge in [0.25, 0.3) is 0 Å². The SMILES string of the molecule is CCOc1cc(/C=C/C(=O)Nc2cccnc2)ccc1OC(F)F. The topological polar surface area (TPSA) is 60.5 Å². The lowest BCUT2D eigenvalue weighted by molar-refractivity contribution is -0.111. The van der Waals surface area contributed by atoms with Crippen molar-refractivity contribution in [3.63, 3.8) is 0 Å². The largest absolute Gasteiger partial charge is 0.490 e. The molecule has 1 amide bonds. The summed E-state index contributed by atoms with van der Waals surface area (Å²) in [6.45, 7) is -0.902. The van der Waals surface area contributed by atoms with E-state index in [-0.39, 0.29) is 17.4 Å². The zero-order chi connectivity index (χ0) is 17.4. The maximum absolute atomic E-state index is 12.4. The minimum Gasteiger partial charge on any atom is -0.490 e. The Hall–Kier alpha value is -2.96. The summed E-state index contributed by atoms with van der Waals surface area (Å²) in [5.41, 5.74) is 1.18. The Morgan fingerprint density at radius 3 is 2.83 bits per heavy atom. The Labute approximate surface area is 137 Å². The zero-order valence-corrected chi connectivity index (χ0v) is 12.9. The minimum absolute atomic E-state index is 0.0520. The van der Waals surface area contributed by atoms with Crippen LogP contribution in [0.1, 0.15) is 12.5 Å². The summed E-state index contributed by atoms with van der Waals surface area (Å²) in [7, 11) is 0. The molecule has 7 heteroatoms. The van der Waals surface area contributed by atoms with Crippen LogP contribution in [0.4, 0.5) is 14.5 Å². The van der Waals surface area contributed by atoms with E-state index in [1.807, 2.05) is 0 Å². The number of hydrogen-bond donors (Lipinski definition) is 1. The number of alkyl halides is 2. The number of carbonyl (C=O) groups is 1. The van der Waals surface area contributed by atoms with Crippen LogP contribution in [0, 0.1) is 0 Å². The molecule has 0 unspecified atom stereocenters. The number of rotatable bonds is 7. The van der Waals surface area contributed by atoms with Gasteiger partial charge in [0.1, 0.15) is 0 Å². The summed E-state index contributed by atoms with van der Waals surface area (Å²) in [6.07, 6.45) is 5.99. The van der Waals surface area contributed by atoms with Crippen molar-refractivity contribution in [3.8, 4) is 11.5 Å². The second-order valence-electron chi connectivity index (χ2n) is 4.58. The molecular formula is C17H16F2N2O3. The predicted molar refractivity (Wildman–Crippen MR) is 86.1 cm³/mol. The molecule has 0 fully saturated rings. The van der Waals surface area contributed by atoms with Crippen molar-refractivity contribution >= 4 is 17.7 Å². The molecule has 0 spiro atoms. The summed E-state index contributed by atoms with van der Waals surface area (Å²) in [4.78, 5) is 15.7. The number of nitrogens with one attached hydrogen (secondary N) is 1. The zero-order valence-electron chi connectivity index (χ0n) is 12.9. The molecule has 0 radical (unpaired) electrons. The van der Waals surface area contributed by atoms with E-state index in [1.54, 1.807) is 37.4 Å². The highest BCUT2D eigenvalue weighted by molar-refractivity contribution is 6.01. The average molecular weight is 334 g/mol. The molecule has 0 aliphatic rings. The van der Waals surface area contributed by atoms with Crippen molar-refractivity contribution in [2.75, 3.05) is 11.9 Å². The number of halogens is 2. The lowest BCUT2D eigenvalue weighted by atomic mass is 10.2.